The van der Waals surface area contributed by atoms with Gasteiger partial charge in [0.2, 0.25) is 11.8 Å². The van der Waals surface area contributed by atoms with Gasteiger partial charge < -0.3 is 15.0 Å². The van der Waals surface area contributed by atoms with Gasteiger partial charge in [-0.25, -0.2) is 0 Å². The van der Waals surface area contributed by atoms with Crippen LogP contribution in [0.15, 0.2) is 29.7 Å². The van der Waals surface area contributed by atoms with Crippen LogP contribution in [0.4, 0.5) is 0 Å². The molecule has 1 N–H and O–H groups in total. The Morgan fingerprint density at radius 3 is 2.65 bits per heavy atom. The first-order valence-corrected chi connectivity index (χ1v) is 8.93. The van der Waals surface area contributed by atoms with E-state index in [1.165, 1.54) is 16.7 Å². The number of likely N-dealkylation sites (N-methyl/N-ethyl adjacent to an activating group) is 1. The van der Waals surface area contributed by atoms with E-state index in [0.29, 0.717) is 24.1 Å². The van der Waals surface area contributed by atoms with Gasteiger partial charge in [0.25, 0.3) is 0 Å². The van der Waals surface area contributed by atoms with Crippen LogP contribution in [0.25, 0.3) is 11.4 Å². The molecule has 10 heteroatoms. The van der Waals surface area contributed by atoms with Crippen LogP contribution >= 0.6 is 11.8 Å². The van der Waals surface area contributed by atoms with Gasteiger partial charge in [-0.2, -0.15) is 0 Å². The summed E-state index contributed by atoms with van der Waals surface area (Å²) in [5, 5.41) is 11.6. The normalized spacial score (nSPS) is 10.6. The first-order valence-electron chi connectivity index (χ1n) is 7.95. The van der Waals surface area contributed by atoms with E-state index in [1.54, 1.807) is 33.6 Å². The average molecular weight is 378 g/mol. The van der Waals surface area contributed by atoms with Crippen LogP contribution in [-0.4, -0.2) is 76.6 Å². The van der Waals surface area contributed by atoms with Crippen LogP contribution in [0.5, 0.6) is 0 Å². The predicted molar refractivity (Wildman–Crippen MR) is 97.6 cm³/mol. The Hall–Kier alpha value is -2.46. The number of pyridine rings is 1. The minimum absolute atomic E-state index is 0.0228. The summed E-state index contributed by atoms with van der Waals surface area (Å²) < 4.78 is 7.06. The van der Waals surface area contributed by atoms with Crippen molar-refractivity contribution in [3.05, 3.63) is 24.5 Å². The molecule has 0 aliphatic carbocycles. The highest BCUT2D eigenvalue weighted by Gasteiger charge is 2.16. The number of amides is 2. The summed E-state index contributed by atoms with van der Waals surface area (Å²) >= 11 is 1.26. The summed E-state index contributed by atoms with van der Waals surface area (Å²) in [5.41, 5.74) is 0.886. The van der Waals surface area contributed by atoms with Crippen molar-refractivity contribution in [3.8, 4) is 11.4 Å². The van der Waals surface area contributed by atoms with Crippen molar-refractivity contribution in [1.29, 1.82) is 0 Å². The summed E-state index contributed by atoms with van der Waals surface area (Å²) in [7, 11) is 4.91. The second-order valence-electron chi connectivity index (χ2n) is 5.54. The lowest BCUT2D eigenvalue weighted by Gasteiger charge is -2.11. The Morgan fingerprint density at radius 1 is 1.27 bits per heavy atom. The second kappa shape index (κ2) is 9.88. The Balaban J connectivity index is 2.03. The highest BCUT2D eigenvalue weighted by molar-refractivity contribution is 7.99. The minimum atomic E-state index is -0.239. The Labute approximate surface area is 156 Å². The maximum Gasteiger partial charge on any atom is 0.241 e. The van der Waals surface area contributed by atoms with Crippen molar-refractivity contribution in [2.75, 3.05) is 40.1 Å². The predicted octanol–water partition coefficient (Wildman–Crippen LogP) is 0.283. The summed E-state index contributed by atoms with van der Waals surface area (Å²) in [6.07, 6.45) is 3.37. The van der Waals surface area contributed by atoms with Crippen molar-refractivity contribution in [2.24, 2.45) is 0 Å². The molecule has 0 aromatic carbocycles. The SMILES string of the molecule is COCCn1c(SCC(=O)NCC(=O)N(C)C)nnc1-c1ccncc1. The molecule has 26 heavy (non-hydrogen) atoms. The number of ether oxygens (including phenoxy) is 1. The lowest BCUT2D eigenvalue weighted by molar-refractivity contribution is -0.130. The van der Waals surface area contributed by atoms with E-state index >= 15 is 0 Å². The van der Waals surface area contributed by atoms with Gasteiger partial charge in [0.1, 0.15) is 0 Å². The van der Waals surface area contributed by atoms with E-state index in [2.05, 4.69) is 20.5 Å². The van der Waals surface area contributed by atoms with Crippen molar-refractivity contribution in [1.82, 2.24) is 30.0 Å². The van der Waals surface area contributed by atoms with Crippen LogP contribution in [0.2, 0.25) is 0 Å². The number of nitrogens with zero attached hydrogens (tertiary/aromatic N) is 5. The molecule has 2 aromatic heterocycles. The molecule has 140 valence electrons. The summed E-state index contributed by atoms with van der Waals surface area (Å²) in [4.78, 5) is 28.9. The molecule has 0 spiro atoms. The third kappa shape index (κ3) is 5.53. The third-order valence-electron chi connectivity index (χ3n) is 3.44. The quantitative estimate of drug-likeness (QED) is 0.625. The van der Waals surface area contributed by atoms with Gasteiger partial charge >= 0.3 is 0 Å². The van der Waals surface area contributed by atoms with E-state index in [4.69, 9.17) is 4.74 Å². The summed E-state index contributed by atoms with van der Waals surface area (Å²) in [6, 6.07) is 3.70. The molecule has 0 saturated carbocycles. The number of aromatic nitrogens is 4. The maximum atomic E-state index is 12.0. The topological polar surface area (TPSA) is 102 Å². The largest absolute Gasteiger partial charge is 0.383 e. The molecule has 0 radical (unpaired) electrons. The zero-order chi connectivity index (χ0) is 18.9. The molecule has 0 aliphatic heterocycles. The molecule has 0 unspecified atom stereocenters. The molecule has 9 nitrogen and oxygen atoms in total. The molecule has 2 amide bonds. The van der Waals surface area contributed by atoms with Gasteiger partial charge in [-0.05, 0) is 12.1 Å². The molecule has 0 aliphatic rings. The second-order valence-corrected chi connectivity index (χ2v) is 6.48. The molecule has 0 atom stereocenters. The van der Waals surface area contributed by atoms with Gasteiger partial charge in [-0.3, -0.25) is 19.1 Å². The van der Waals surface area contributed by atoms with Crippen molar-refractivity contribution >= 4 is 23.6 Å². The van der Waals surface area contributed by atoms with Gasteiger partial charge in [0, 0.05) is 39.2 Å². The van der Waals surface area contributed by atoms with E-state index in [-0.39, 0.29) is 24.1 Å². The third-order valence-corrected chi connectivity index (χ3v) is 4.41. The zero-order valence-electron chi connectivity index (χ0n) is 15.0. The van der Waals surface area contributed by atoms with Crippen molar-refractivity contribution in [3.63, 3.8) is 0 Å². The molecule has 2 rings (SSSR count). The van der Waals surface area contributed by atoms with Crippen LogP contribution < -0.4 is 5.32 Å². The number of thioether (sulfide) groups is 1. The van der Waals surface area contributed by atoms with E-state index in [9.17, 15) is 9.59 Å². The van der Waals surface area contributed by atoms with E-state index in [0.717, 1.165) is 5.56 Å². The number of nitrogens with one attached hydrogen (secondary N) is 1. The molecule has 0 saturated heterocycles. The lowest BCUT2D eigenvalue weighted by atomic mass is 10.2. The number of rotatable bonds is 9. The fourth-order valence-corrected chi connectivity index (χ4v) is 2.80. The molecular weight excluding hydrogens is 356 g/mol. The van der Waals surface area contributed by atoms with Crippen molar-refractivity contribution in [2.45, 2.75) is 11.7 Å². The Morgan fingerprint density at radius 2 is 2.00 bits per heavy atom. The van der Waals surface area contributed by atoms with Crippen LogP contribution in [0, 0.1) is 0 Å². The average Bonchev–Trinajstić information content (AvgIpc) is 3.05. The van der Waals surface area contributed by atoms with Crippen LogP contribution in [-0.2, 0) is 20.9 Å². The fourth-order valence-electron chi connectivity index (χ4n) is 2.01. The van der Waals surface area contributed by atoms with Gasteiger partial charge in [-0.15, -0.1) is 10.2 Å². The smallest absolute Gasteiger partial charge is 0.241 e. The number of methoxy groups -OCH3 is 1. The summed E-state index contributed by atoms with van der Waals surface area (Å²) in [6.45, 7) is 1.03. The number of carbonyl (C=O) groups excluding carboxylic acids is 2. The highest BCUT2D eigenvalue weighted by atomic mass is 32.2. The number of carbonyl (C=O) groups is 2. The molecule has 2 heterocycles. The first-order chi connectivity index (χ1) is 12.5. The fraction of sp³-hybridized carbons (Fsp3) is 0.438. The Bertz CT molecular complexity index is 735. The van der Waals surface area contributed by atoms with Gasteiger partial charge in [0.15, 0.2) is 11.0 Å². The summed E-state index contributed by atoms with van der Waals surface area (Å²) in [5.74, 6) is 0.431. The zero-order valence-corrected chi connectivity index (χ0v) is 15.8. The minimum Gasteiger partial charge on any atom is -0.383 e. The molecule has 2 aromatic rings. The number of hydrogen-bond donors (Lipinski definition) is 1. The van der Waals surface area contributed by atoms with Gasteiger partial charge in [-0.1, -0.05) is 11.8 Å². The van der Waals surface area contributed by atoms with Crippen LogP contribution in [0.3, 0.4) is 0 Å². The van der Waals surface area contributed by atoms with Crippen molar-refractivity contribution < 1.29 is 14.3 Å². The monoisotopic (exact) mass is 378 g/mol. The van der Waals surface area contributed by atoms with Gasteiger partial charge in [0.05, 0.1) is 25.4 Å². The van der Waals surface area contributed by atoms with E-state index < -0.39 is 0 Å². The first kappa shape index (κ1) is 19.9. The number of hydrogen-bond acceptors (Lipinski definition) is 7. The molecule has 0 fully saturated rings. The van der Waals surface area contributed by atoms with E-state index in [1.807, 2.05) is 16.7 Å². The highest BCUT2D eigenvalue weighted by Crippen LogP contribution is 2.23. The molecular formula is C16H22N6O3S. The standard InChI is InChI=1S/C16H22N6O3S/c1-21(2)14(24)10-18-13(23)11-26-16-20-19-15(22(16)8-9-25-3)12-4-6-17-7-5-12/h4-7H,8-11H2,1-3H3,(H,18,23). The lowest BCUT2D eigenvalue weighted by Crippen LogP contribution is -2.37. The molecule has 0 bridgehead atoms. The van der Waals surface area contributed by atoms with Crippen LogP contribution in [0.1, 0.15) is 0 Å². The Kier molecular flexibility index (Phi) is 7.54. The maximum absolute atomic E-state index is 12.0.